The number of sulfonamides is 1. The molecule has 7 heteroatoms. The Labute approximate surface area is 174 Å². The van der Waals surface area contributed by atoms with Crippen LogP contribution in [0.1, 0.15) is 34.1 Å². The van der Waals surface area contributed by atoms with Crippen LogP contribution < -0.4 is 10.0 Å². The molecule has 0 spiro atoms. The van der Waals surface area contributed by atoms with Crippen LogP contribution in [0.15, 0.2) is 66.0 Å². The van der Waals surface area contributed by atoms with E-state index in [1.54, 1.807) is 48.6 Å². The lowest BCUT2D eigenvalue weighted by atomic mass is 10.1. The summed E-state index contributed by atoms with van der Waals surface area (Å²) in [5, 5.41) is 4.80. The van der Waals surface area contributed by atoms with Crippen molar-refractivity contribution >= 4 is 38.6 Å². The number of benzene rings is 2. The van der Waals surface area contributed by atoms with Gasteiger partial charge in [0.1, 0.15) is 0 Å². The highest BCUT2D eigenvalue weighted by molar-refractivity contribution is 7.92. The number of hydrogen-bond donors (Lipinski definition) is 2. The quantitative estimate of drug-likeness (QED) is 0.570. The van der Waals surface area contributed by atoms with Crippen LogP contribution in [0, 0.1) is 11.8 Å². The van der Waals surface area contributed by atoms with Gasteiger partial charge in [0, 0.05) is 22.5 Å². The van der Waals surface area contributed by atoms with E-state index in [1.807, 2.05) is 29.6 Å². The van der Waals surface area contributed by atoms with Gasteiger partial charge in [0.2, 0.25) is 10.0 Å². The maximum absolute atomic E-state index is 12.6. The van der Waals surface area contributed by atoms with Crippen LogP contribution >= 0.6 is 11.3 Å². The second-order valence-corrected chi connectivity index (χ2v) is 9.05. The van der Waals surface area contributed by atoms with Crippen molar-refractivity contribution in [1.29, 1.82) is 0 Å². The summed E-state index contributed by atoms with van der Waals surface area (Å²) in [7, 11) is -3.41. The highest BCUT2D eigenvalue weighted by Crippen LogP contribution is 2.16. The Bertz CT molecular complexity index is 1160. The molecule has 0 saturated heterocycles. The van der Waals surface area contributed by atoms with E-state index in [4.69, 9.17) is 0 Å². The summed E-state index contributed by atoms with van der Waals surface area (Å²) in [6.07, 6.45) is 0.515. The fraction of sp³-hybridized carbons (Fsp3) is 0.136. The SMILES string of the molecule is CCCS(=O)(=O)Nc1cccc(C(=O)Nc2cccc(C#Cc3cccs3)c2)c1. The summed E-state index contributed by atoms with van der Waals surface area (Å²) in [6.45, 7) is 1.79. The Morgan fingerprint density at radius 2 is 1.79 bits per heavy atom. The molecule has 29 heavy (non-hydrogen) atoms. The summed E-state index contributed by atoms with van der Waals surface area (Å²) in [4.78, 5) is 13.6. The topological polar surface area (TPSA) is 75.3 Å². The first-order valence-corrected chi connectivity index (χ1v) is 11.6. The molecule has 0 bridgehead atoms. The second kappa shape index (κ2) is 9.41. The molecular weight excluding hydrogens is 404 g/mol. The third kappa shape index (κ3) is 6.21. The van der Waals surface area contributed by atoms with Crippen LogP contribution in [-0.2, 0) is 10.0 Å². The molecule has 5 nitrogen and oxygen atoms in total. The number of amides is 1. The van der Waals surface area contributed by atoms with Gasteiger partial charge in [-0.1, -0.05) is 37.0 Å². The molecule has 0 aliphatic rings. The summed E-state index contributed by atoms with van der Waals surface area (Å²) in [6, 6.07) is 17.6. The van der Waals surface area contributed by atoms with Gasteiger partial charge in [0.15, 0.2) is 0 Å². The zero-order valence-corrected chi connectivity index (χ0v) is 17.4. The average Bonchev–Trinajstić information content (AvgIpc) is 3.20. The van der Waals surface area contributed by atoms with Crippen LogP contribution in [0.25, 0.3) is 0 Å². The molecule has 3 aromatic rings. The molecule has 0 aliphatic heterocycles. The van der Waals surface area contributed by atoms with Gasteiger partial charge in [0.05, 0.1) is 10.6 Å². The van der Waals surface area contributed by atoms with Crippen molar-refractivity contribution in [3.8, 4) is 11.8 Å². The maximum Gasteiger partial charge on any atom is 0.255 e. The monoisotopic (exact) mass is 424 g/mol. The number of rotatable bonds is 6. The fourth-order valence-electron chi connectivity index (χ4n) is 2.58. The third-order valence-corrected chi connectivity index (χ3v) is 6.12. The van der Waals surface area contributed by atoms with Gasteiger partial charge in [-0.3, -0.25) is 9.52 Å². The minimum atomic E-state index is -3.41. The van der Waals surface area contributed by atoms with Gasteiger partial charge in [-0.2, -0.15) is 0 Å². The van der Waals surface area contributed by atoms with E-state index >= 15 is 0 Å². The molecule has 0 atom stereocenters. The fourth-order valence-corrected chi connectivity index (χ4v) is 4.28. The Hall–Kier alpha value is -3.08. The molecular formula is C22H20N2O3S2. The first kappa shape index (κ1) is 20.6. The first-order valence-electron chi connectivity index (χ1n) is 9.03. The lowest BCUT2D eigenvalue weighted by Gasteiger charge is -2.09. The van der Waals surface area contributed by atoms with Crippen molar-refractivity contribution in [3.05, 3.63) is 82.0 Å². The third-order valence-electron chi connectivity index (χ3n) is 3.84. The van der Waals surface area contributed by atoms with Crippen molar-refractivity contribution in [2.75, 3.05) is 15.8 Å². The van der Waals surface area contributed by atoms with Gasteiger partial charge < -0.3 is 5.32 Å². The second-order valence-electron chi connectivity index (χ2n) is 6.26. The molecule has 3 rings (SSSR count). The van der Waals surface area contributed by atoms with Crippen LogP contribution in [0.3, 0.4) is 0 Å². The summed E-state index contributed by atoms with van der Waals surface area (Å²) < 4.78 is 26.4. The van der Waals surface area contributed by atoms with E-state index in [-0.39, 0.29) is 11.7 Å². The molecule has 0 fully saturated rings. The van der Waals surface area contributed by atoms with Crippen LogP contribution in [0.2, 0.25) is 0 Å². The van der Waals surface area contributed by atoms with Crippen molar-refractivity contribution in [2.45, 2.75) is 13.3 Å². The zero-order valence-electron chi connectivity index (χ0n) is 15.8. The lowest BCUT2D eigenvalue weighted by molar-refractivity contribution is 0.102. The van der Waals surface area contributed by atoms with E-state index in [9.17, 15) is 13.2 Å². The first-order chi connectivity index (χ1) is 13.9. The van der Waals surface area contributed by atoms with Gasteiger partial charge in [-0.25, -0.2) is 8.42 Å². The predicted molar refractivity (Wildman–Crippen MR) is 119 cm³/mol. The van der Waals surface area contributed by atoms with E-state index in [2.05, 4.69) is 21.9 Å². The standard InChI is InChI=1S/C22H20N2O3S2/c1-2-14-29(26,27)24-20-9-4-7-18(16-20)22(25)23-19-8-3-6-17(15-19)11-12-21-10-5-13-28-21/h3-10,13,15-16,24H,2,14H2,1H3,(H,23,25). The zero-order chi connectivity index (χ0) is 20.7. The molecule has 2 aromatic carbocycles. The summed E-state index contributed by atoms with van der Waals surface area (Å²) in [5.41, 5.74) is 2.13. The average molecular weight is 425 g/mol. The van der Waals surface area contributed by atoms with Crippen molar-refractivity contribution in [2.24, 2.45) is 0 Å². The summed E-state index contributed by atoms with van der Waals surface area (Å²) >= 11 is 1.57. The number of nitrogens with one attached hydrogen (secondary N) is 2. The molecule has 2 N–H and O–H groups in total. The predicted octanol–water partition coefficient (Wildman–Crippen LogP) is 4.55. The Morgan fingerprint density at radius 1 is 1.00 bits per heavy atom. The van der Waals surface area contributed by atoms with Gasteiger partial charge in [0.25, 0.3) is 5.91 Å². The minimum Gasteiger partial charge on any atom is -0.322 e. The summed E-state index contributed by atoms with van der Waals surface area (Å²) in [5.74, 6) is 5.86. The van der Waals surface area contributed by atoms with Crippen molar-refractivity contribution < 1.29 is 13.2 Å². The van der Waals surface area contributed by atoms with Gasteiger partial charge >= 0.3 is 0 Å². The Kier molecular flexibility index (Phi) is 6.70. The van der Waals surface area contributed by atoms with Gasteiger partial charge in [-0.05, 0) is 54.3 Å². The number of carbonyl (C=O) groups is 1. The number of carbonyl (C=O) groups excluding carboxylic acids is 1. The largest absolute Gasteiger partial charge is 0.322 e. The highest BCUT2D eigenvalue weighted by Gasteiger charge is 2.11. The van der Waals surface area contributed by atoms with E-state index < -0.39 is 10.0 Å². The molecule has 0 radical (unpaired) electrons. The van der Waals surface area contributed by atoms with E-state index in [0.29, 0.717) is 23.4 Å². The maximum atomic E-state index is 12.6. The number of anilines is 2. The molecule has 0 saturated carbocycles. The Morgan fingerprint density at radius 3 is 2.55 bits per heavy atom. The van der Waals surface area contributed by atoms with Crippen LogP contribution in [-0.4, -0.2) is 20.1 Å². The van der Waals surface area contributed by atoms with E-state index in [1.165, 1.54) is 6.07 Å². The van der Waals surface area contributed by atoms with Crippen molar-refractivity contribution in [3.63, 3.8) is 0 Å². The molecule has 148 valence electrons. The normalized spacial score (nSPS) is 10.7. The van der Waals surface area contributed by atoms with Crippen LogP contribution in [0.5, 0.6) is 0 Å². The molecule has 1 amide bonds. The molecule has 1 heterocycles. The molecule has 0 aliphatic carbocycles. The minimum absolute atomic E-state index is 0.0305. The molecule has 1 aromatic heterocycles. The van der Waals surface area contributed by atoms with Crippen molar-refractivity contribution in [1.82, 2.24) is 0 Å². The number of thiophene rings is 1. The van der Waals surface area contributed by atoms with E-state index in [0.717, 1.165) is 10.4 Å². The smallest absolute Gasteiger partial charge is 0.255 e. The molecule has 0 unspecified atom stereocenters. The van der Waals surface area contributed by atoms with Crippen LogP contribution in [0.4, 0.5) is 11.4 Å². The Balaban J connectivity index is 1.72. The lowest BCUT2D eigenvalue weighted by Crippen LogP contribution is -2.17. The number of hydrogen-bond acceptors (Lipinski definition) is 4. The highest BCUT2D eigenvalue weighted by atomic mass is 32.2. The van der Waals surface area contributed by atoms with Gasteiger partial charge in [-0.15, -0.1) is 11.3 Å².